The van der Waals surface area contributed by atoms with Gasteiger partial charge < -0.3 is 4.90 Å². The second-order valence-corrected chi connectivity index (χ2v) is 8.84. The molecule has 6 heteroatoms. The first-order valence-corrected chi connectivity index (χ1v) is 11.0. The van der Waals surface area contributed by atoms with E-state index in [1.165, 1.54) is 6.07 Å². The van der Waals surface area contributed by atoms with Crippen molar-refractivity contribution in [1.29, 1.82) is 10.5 Å². The van der Waals surface area contributed by atoms with Crippen molar-refractivity contribution in [2.75, 3.05) is 4.90 Å². The summed E-state index contributed by atoms with van der Waals surface area (Å²) in [5.41, 5.74) is 2.07. The number of hydrogen-bond donors (Lipinski definition) is 0. The van der Waals surface area contributed by atoms with Gasteiger partial charge in [0.1, 0.15) is 11.9 Å². The van der Waals surface area contributed by atoms with Crippen LogP contribution in [0.4, 0.5) is 10.1 Å². The molecule has 5 nitrogen and oxygen atoms in total. The van der Waals surface area contributed by atoms with E-state index in [4.69, 9.17) is 0 Å². The predicted octanol–water partition coefficient (Wildman–Crippen LogP) is 5.12. The minimum Gasteiger partial charge on any atom is -0.349 e. The largest absolute Gasteiger partial charge is 0.349 e. The zero-order valence-corrected chi connectivity index (χ0v) is 18.7. The van der Waals surface area contributed by atoms with E-state index in [0.29, 0.717) is 16.9 Å². The minimum atomic E-state index is -1.69. The van der Waals surface area contributed by atoms with Gasteiger partial charge in [0.15, 0.2) is 11.2 Å². The van der Waals surface area contributed by atoms with Crippen LogP contribution in [0.5, 0.6) is 0 Å². The fourth-order valence-electron chi connectivity index (χ4n) is 5.43. The number of aromatic nitrogens is 1. The van der Waals surface area contributed by atoms with Crippen LogP contribution in [0.1, 0.15) is 38.7 Å². The van der Waals surface area contributed by atoms with E-state index in [9.17, 15) is 15.3 Å². The molecule has 2 aromatic carbocycles. The summed E-state index contributed by atoms with van der Waals surface area (Å²) in [6.45, 7) is 3.81. The van der Waals surface area contributed by atoms with Crippen molar-refractivity contribution in [3.63, 3.8) is 0 Å². The molecular formula is C28H21FN4O. The summed E-state index contributed by atoms with van der Waals surface area (Å²) < 4.78 is 15.2. The number of benzene rings is 2. The fourth-order valence-corrected chi connectivity index (χ4v) is 5.43. The fraction of sp³-hybridized carbons (Fsp3) is 0.214. The second kappa shape index (κ2) is 7.93. The molecular weight excluding hydrogens is 427 g/mol. The van der Waals surface area contributed by atoms with Crippen LogP contribution in [0, 0.1) is 47.7 Å². The molecule has 0 unspecified atom stereocenters. The Balaban J connectivity index is 1.82. The van der Waals surface area contributed by atoms with Crippen molar-refractivity contribution in [2.24, 2.45) is 5.41 Å². The van der Waals surface area contributed by atoms with E-state index < -0.39 is 29.2 Å². The maximum Gasteiger partial charge on any atom is 0.186 e. The SMILES string of the molecule is Cc1ccc(C(=O)[C@@H]2[C@H](c3ccccc3F)C(C#N)(C#N)[C@H]3C=Cc4ncccc4N23)c(C)c1. The van der Waals surface area contributed by atoms with Gasteiger partial charge in [0.2, 0.25) is 0 Å². The van der Waals surface area contributed by atoms with Gasteiger partial charge in [0, 0.05) is 17.7 Å². The maximum absolute atomic E-state index is 15.2. The number of fused-ring (bicyclic) bond motifs is 3. The molecule has 1 aromatic heterocycles. The topological polar surface area (TPSA) is 80.8 Å². The Kier molecular flexibility index (Phi) is 5.03. The summed E-state index contributed by atoms with van der Waals surface area (Å²) in [6.07, 6.45) is 5.16. The van der Waals surface area contributed by atoms with Crippen LogP contribution in [-0.4, -0.2) is 22.9 Å². The third-order valence-electron chi connectivity index (χ3n) is 6.93. The lowest BCUT2D eigenvalue weighted by molar-refractivity contribution is 0.0950. The summed E-state index contributed by atoms with van der Waals surface area (Å²) in [6, 6.07) is 17.9. The third kappa shape index (κ3) is 2.96. The summed E-state index contributed by atoms with van der Waals surface area (Å²) in [7, 11) is 0. The van der Waals surface area contributed by atoms with Gasteiger partial charge in [-0.25, -0.2) is 4.39 Å². The highest BCUT2D eigenvalue weighted by molar-refractivity contribution is 6.05. The van der Waals surface area contributed by atoms with Crippen LogP contribution < -0.4 is 4.90 Å². The normalized spacial score (nSPS) is 21.8. The Morgan fingerprint density at radius 3 is 2.56 bits per heavy atom. The van der Waals surface area contributed by atoms with E-state index in [0.717, 1.165) is 11.1 Å². The van der Waals surface area contributed by atoms with Crippen LogP contribution >= 0.6 is 0 Å². The van der Waals surface area contributed by atoms with Gasteiger partial charge in [-0.3, -0.25) is 9.78 Å². The van der Waals surface area contributed by atoms with Gasteiger partial charge in [0.05, 0.1) is 29.6 Å². The van der Waals surface area contributed by atoms with Crippen LogP contribution in [0.2, 0.25) is 0 Å². The Hall–Kier alpha value is -4.29. The van der Waals surface area contributed by atoms with Crippen molar-refractivity contribution in [2.45, 2.75) is 31.8 Å². The first-order valence-electron chi connectivity index (χ1n) is 11.0. The third-order valence-corrected chi connectivity index (χ3v) is 6.93. The minimum absolute atomic E-state index is 0.182. The molecule has 3 atom stereocenters. The van der Waals surface area contributed by atoms with Gasteiger partial charge in [-0.2, -0.15) is 10.5 Å². The predicted molar refractivity (Wildman–Crippen MR) is 126 cm³/mol. The van der Waals surface area contributed by atoms with Crippen molar-refractivity contribution in [1.82, 2.24) is 4.98 Å². The van der Waals surface area contributed by atoms with E-state index in [2.05, 4.69) is 17.1 Å². The number of hydrogen-bond acceptors (Lipinski definition) is 5. The first-order chi connectivity index (χ1) is 16.4. The Morgan fingerprint density at radius 2 is 1.85 bits per heavy atom. The van der Waals surface area contributed by atoms with E-state index >= 15 is 4.39 Å². The Morgan fingerprint density at radius 1 is 1.09 bits per heavy atom. The lowest BCUT2D eigenvalue weighted by Crippen LogP contribution is -2.44. The molecule has 34 heavy (non-hydrogen) atoms. The zero-order valence-electron chi connectivity index (χ0n) is 18.7. The average Bonchev–Trinajstić information content (AvgIpc) is 3.15. The number of Topliss-reactive ketones (excluding diaryl/α,β-unsaturated/α-hetero) is 1. The standard InChI is InChI=1S/C28H21FN4O/c1-17-9-10-19(18(2)14-17)27(34)26-25(20-6-3-4-7-21(20)29)28(15-30,16-31)24-12-11-22-23(33(24)26)8-5-13-32-22/h3-14,24-26H,1-2H3/t24-,25+,26+/m1/s1. The highest BCUT2D eigenvalue weighted by Gasteiger charge is 2.64. The van der Waals surface area contributed by atoms with Crippen molar-refractivity contribution in [3.05, 3.63) is 101 Å². The Bertz CT molecular complexity index is 1420. The molecule has 3 aromatic rings. The first kappa shape index (κ1) is 21.6. The number of ketones is 1. The highest BCUT2D eigenvalue weighted by Crippen LogP contribution is 2.55. The van der Waals surface area contributed by atoms with Gasteiger partial charge >= 0.3 is 0 Å². The van der Waals surface area contributed by atoms with Gasteiger partial charge in [-0.1, -0.05) is 48.0 Å². The number of aryl methyl sites for hydroxylation is 2. The molecule has 1 saturated heterocycles. The molecule has 0 amide bonds. The molecule has 1 fully saturated rings. The lowest BCUT2D eigenvalue weighted by atomic mass is 9.69. The summed E-state index contributed by atoms with van der Waals surface area (Å²) in [5, 5.41) is 20.8. The number of anilines is 1. The van der Waals surface area contributed by atoms with E-state index in [-0.39, 0.29) is 11.3 Å². The van der Waals surface area contributed by atoms with E-state index in [1.807, 2.05) is 32.0 Å². The number of halogens is 1. The molecule has 0 bridgehead atoms. The number of carbonyl (C=O) groups is 1. The Labute approximate surface area is 197 Å². The molecule has 0 aliphatic carbocycles. The van der Waals surface area contributed by atoms with Gasteiger partial charge in [-0.05, 0) is 49.2 Å². The highest BCUT2D eigenvalue weighted by atomic mass is 19.1. The molecule has 5 rings (SSSR count). The number of pyridine rings is 1. The van der Waals surface area contributed by atoms with Gasteiger partial charge in [-0.15, -0.1) is 0 Å². The quantitative estimate of drug-likeness (QED) is 0.520. The van der Waals surface area contributed by atoms with Crippen molar-refractivity contribution in [3.8, 4) is 12.1 Å². The molecule has 0 spiro atoms. The van der Waals surface area contributed by atoms with E-state index in [1.54, 1.807) is 53.6 Å². The summed E-state index contributed by atoms with van der Waals surface area (Å²) >= 11 is 0. The van der Waals surface area contributed by atoms with Crippen LogP contribution in [0.15, 0.2) is 66.9 Å². The number of rotatable bonds is 3. The van der Waals surface area contributed by atoms with Crippen LogP contribution in [-0.2, 0) is 0 Å². The van der Waals surface area contributed by atoms with Crippen molar-refractivity contribution >= 4 is 17.5 Å². The molecule has 0 saturated carbocycles. The van der Waals surface area contributed by atoms with Crippen LogP contribution in [0.3, 0.4) is 0 Å². The number of nitriles is 2. The van der Waals surface area contributed by atoms with Crippen molar-refractivity contribution < 1.29 is 9.18 Å². The number of nitrogens with zero attached hydrogens (tertiary/aromatic N) is 4. The molecule has 3 heterocycles. The lowest BCUT2D eigenvalue weighted by Gasteiger charge is -2.35. The second-order valence-electron chi connectivity index (χ2n) is 8.84. The van der Waals surface area contributed by atoms with Crippen LogP contribution in [0.25, 0.3) is 6.08 Å². The molecule has 2 aliphatic heterocycles. The smallest absolute Gasteiger partial charge is 0.186 e. The molecule has 0 N–H and O–H groups in total. The van der Waals surface area contributed by atoms with Gasteiger partial charge in [0.25, 0.3) is 0 Å². The monoisotopic (exact) mass is 448 g/mol. The summed E-state index contributed by atoms with van der Waals surface area (Å²) in [4.78, 5) is 20.4. The maximum atomic E-state index is 15.2. The average molecular weight is 449 g/mol. The molecule has 0 radical (unpaired) electrons. The molecule has 2 aliphatic rings. The number of carbonyl (C=O) groups excluding carboxylic acids is 1. The summed E-state index contributed by atoms with van der Waals surface area (Å²) in [5.74, 6) is -1.82. The zero-order chi connectivity index (χ0) is 24.0. The molecule has 166 valence electrons.